The third-order valence-electron chi connectivity index (χ3n) is 10.6. The van der Waals surface area contributed by atoms with E-state index in [-0.39, 0.29) is 66.0 Å². The summed E-state index contributed by atoms with van der Waals surface area (Å²) in [7, 11) is 0. The topological polar surface area (TPSA) is 126 Å². The van der Waals surface area contributed by atoms with Gasteiger partial charge in [-0.15, -0.1) is 0 Å². The summed E-state index contributed by atoms with van der Waals surface area (Å²) in [4.78, 5) is 65.3. The van der Waals surface area contributed by atoms with Crippen LogP contribution >= 0.6 is 0 Å². The number of hydrogen-bond acceptors (Lipinski definition) is 6. The normalized spacial score (nSPS) is 42.3. The first-order chi connectivity index (χ1) is 15.6. The third-order valence-corrected chi connectivity index (χ3v) is 10.6. The molecule has 4 aliphatic carbocycles. The van der Waals surface area contributed by atoms with Crippen molar-refractivity contribution in [2.45, 2.75) is 86.2 Å². The number of fused-ring (bicyclic) bond motifs is 4. The SMILES string of the molecule is CC(CCC(=O)O)C1CC(=O)C2(C)C3=C(C(=O)C(O)C12C)C1(C)CCC(=O)C(C)(C)C1CC3=O. The molecule has 34 heavy (non-hydrogen) atoms. The van der Waals surface area contributed by atoms with Gasteiger partial charge in [0.05, 0.1) is 5.41 Å². The first-order valence-electron chi connectivity index (χ1n) is 12.3. The monoisotopic (exact) mass is 472 g/mol. The molecule has 186 valence electrons. The summed E-state index contributed by atoms with van der Waals surface area (Å²) >= 11 is 0. The average Bonchev–Trinajstić information content (AvgIpc) is 2.97. The fourth-order valence-corrected chi connectivity index (χ4v) is 8.21. The predicted molar refractivity (Wildman–Crippen MR) is 123 cm³/mol. The van der Waals surface area contributed by atoms with Gasteiger partial charge in [-0.3, -0.25) is 24.0 Å². The molecule has 0 heterocycles. The highest BCUT2D eigenvalue weighted by molar-refractivity contribution is 6.18. The Morgan fingerprint density at radius 3 is 2.21 bits per heavy atom. The maximum atomic E-state index is 13.9. The lowest BCUT2D eigenvalue weighted by atomic mass is 9.42. The largest absolute Gasteiger partial charge is 0.481 e. The molecule has 0 bridgehead atoms. The van der Waals surface area contributed by atoms with Gasteiger partial charge in [-0.2, -0.15) is 0 Å². The second-order valence-corrected chi connectivity index (χ2v) is 12.3. The number of carbonyl (C=O) groups is 5. The Morgan fingerprint density at radius 2 is 1.62 bits per heavy atom. The maximum absolute atomic E-state index is 13.9. The number of rotatable bonds is 4. The molecular formula is C27H36O7. The molecule has 7 atom stereocenters. The lowest BCUT2D eigenvalue weighted by Crippen LogP contribution is -2.64. The van der Waals surface area contributed by atoms with E-state index in [0.717, 1.165) is 0 Å². The van der Waals surface area contributed by atoms with Gasteiger partial charge in [0.1, 0.15) is 17.7 Å². The van der Waals surface area contributed by atoms with E-state index >= 15 is 0 Å². The molecule has 0 radical (unpaired) electrons. The van der Waals surface area contributed by atoms with E-state index in [1.807, 2.05) is 27.7 Å². The highest BCUT2D eigenvalue weighted by Crippen LogP contribution is 2.69. The summed E-state index contributed by atoms with van der Waals surface area (Å²) in [5.41, 5.74) is -3.62. The van der Waals surface area contributed by atoms with Crippen molar-refractivity contribution in [2.24, 2.45) is 39.4 Å². The molecule has 2 saturated carbocycles. The summed E-state index contributed by atoms with van der Waals surface area (Å²) in [6.07, 6.45) is -0.366. The summed E-state index contributed by atoms with van der Waals surface area (Å²) in [5, 5.41) is 20.7. The Hall–Kier alpha value is -2.15. The van der Waals surface area contributed by atoms with Crippen LogP contribution in [-0.2, 0) is 24.0 Å². The maximum Gasteiger partial charge on any atom is 0.303 e. The number of ketones is 4. The molecule has 0 aliphatic heterocycles. The standard InChI is InChI=1S/C27H36O7/c1-13(7-8-19(31)32)14-11-18(30)27(6)20-15(28)12-16-24(2,3)17(29)9-10-25(16,4)21(20)22(33)23(34)26(14,27)5/h13-14,16,23,34H,7-12H2,1-6H3,(H,31,32). The van der Waals surface area contributed by atoms with Gasteiger partial charge in [-0.1, -0.05) is 34.6 Å². The number of carbonyl (C=O) groups excluding carboxylic acids is 4. The predicted octanol–water partition coefficient (Wildman–Crippen LogP) is 3.31. The number of aliphatic carboxylic acids is 1. The minimum atomic E-state index is -1.48. The van der Waals surface area contributed by atoms with E-state index in [1.54, 1.807) is 13.8 Å². The van der Waals surface area contributed by atoms with Crippen molar-refractivity contribution in [3.8, 4) is 0 Å². The zero-order chi connectivity index (χ0) is 25.6. The van der Waals surface area contributed by atoms with Gasteiger partial charge >= 0.3 is 5.97 Å². The zero-order valence-corrected chi connectivity index (χ0v) is 21.0. The molecule has 0 aromatic heterocycles. The minimum Gasteiger partial charge on any atom is -0.481 e. The lowest BCUT2D eigenvalue weighted by molar-refractivity contribution is -0.158. The Labute approximate surface area is 200 Å². The van der Waals surface area contributed by atoms with Crippen LogP contribution in [0.4, 0.5) is 0 Å². The van der Waals surface area contributed by atoms with Gasteiger partial charge in [-0.25, -0.2) is 0 Å². The first kappa shape index (κ1) is 25.0. The van der Waals surface area contributed by atoms with Gasteiger partial charge < -0.3 is 10.2 Å². The molecule has 0 amide bonds. The second-order valence-electron chi connectivity index (χ2n) is 12.3. The molecule has 4 aliphatic rings. The summed E-state index contributed by atoms with van der Waals surface area (Å²) in [6.45, 7) is 10.8. The third kappa shape index (κ3) is 2.82. The Bertz CT molecular complexity index is 1050. The van der Waals surface area contributed by atoms with Crippen LogP contribution in [0.1, 0.15) is 80.1 Å². The second kappa shape index (κ2) is 7.42. The number of aliphatic hydroxyl groups excluding tert-OH is 1. The Morgan fingerprint density at radius 1 is 1.00 bits per heavy atom. The fourth-order valence-electron chi connectivity index (χ4n) is 8.21. The molecule has 0 aromatic carbocycles. The van der Waals surface area contributed by atoms with Crippen LogP contribution in [0, 0.1) is 39.4 Å². The van der Waals surface area contributed by atoms with Crippen molar-refractivity contribution in [3.05, 3.63) is 11.1 Å². The summed E-state index contributed by atoms with van der Waals surface area (Å²) in [6, 6.07) is 0. The van der Waals surface area contributed by atoms with Crippen LogP contribution in [-0.4, -0.2) is 45.4 Å². The average molecular weight is 473 g/mol. The summed E-state index contributed by atoms with van der Waals surface area (Å²) in [5.74, 6) is -2.88. The van der Waals surface area contributed by atoms with Crippen molar-refractivity contribution in [1.82, 2.24) is 0 Å². The first-order valence-corrected chi connectivity index (χ1v) is 12.3. The molecule has 7 heteroatoms. The van der Waals surface area contributed by atoms with Crippen molar-refractivity contribution >= 4 is 29.1 Å². The molecule has 7 nitrogen and oxygen atoms in total. The van der Waals surface area contributed by atoms with E-state index in [2.05, 4.69) is 0 Å². The van der Waals surface area contributed by atoms with Crippen LogP contribution in [0.15, 0.2) is 11.1 Å². The molecule has 0 aromatic rings. The van der Waals surface area contributed by atoms with Gasteiger partial charge in [0.15, 0.2) is 11.6 Å². The van der Waals surface area contributed by atoms with Crippen LogP contribution in [0.25, 0.3) is 0 Å². The number of carboxylic acid groups (broad SMARTS) is 1. The number of carboxylic acids is 1. The fraction of sp³-hybridized carbons (Fsp3) is 0.741. The van der Waals surface area contributed by atoms with Gasteiger partial charge in [-0.05, 0) is 37.5 Å². The minimum absolute atomic E-state index is 0.0657. The van der Waals surface area contributed by atoms with E-state index in [0.29, 0.717) is 12.8 Å². The smallest absolute Gasteiger partial charge is 0.303 e. The van der Waals surface area contributed by atoms with E-state index < -0.39 is 45.4 Å². The van der Waals surface area contributed by atoms with Crippen LogP contribution < -0.4 is 0 Å². The Kier molecular flexibility index (Phi) is 5.45. The highest BCUT2D eigenvalue weighted by Gasteiger charge is 2.73. The van der Waals surface area contributed by atoms with Crippen LogP contribution in [0.5, 0.6) is 0 Å². The highest BCUT2D eigenvalue weighted by atomic mass is 16.4. The Balaban J connectivity index is 1.91. The molecule has 0 spiro atoms. The van der Waals surface area contributed by atoms with E-state index in [4.69, 9.17) is 5.11 Å². The molecule has 4 rings (SSSR count). The van der Waals surface area contributed by atoms with Crippen LogP contribution in [0.3, 0.4) is 0 Å². The number of allylic oxidation sites excluding steroid dienone is 1. The van der Waals surface area contributed by atoms with Gasteiger partial charge in [0, 0.05) is 53.1 Å². The molecule has 0 saturated heterocycles. The molecular weight excluding hydrogens is 436 g/mol. The molecule has 7 unspecified atom stereocenters. The van der Waals surface area contributed by atoms with Crippen molar-refractivity contribution in [3.63, 3.8) is 0 Å². The van der Waals surface area contributed by atoms with Crippen molar-refractivity contribution in [1.29, 1.82) is 0 Å². The molecule has 2 fully saturated rings. The van der Waals surface area contributed by atoms with Crippen LogP contribution in [0.2, 0.25) is 0 Å². The van der Waals surface area contributed by atoms with Gasteiger partial charge in [0.2, 0.25) is 0 Å². The van der Waals surface area contributed by atoms with Gasteiger partial charge in [0.25, 0.3) is 0 Å². The van der Waals surface area contributed by atoms with E-state index in [9.17, 15) is 29.1 Å². The molecule has 2 N–H and O–H groups in total. The zero-order valence-electron chi connectivity index (χ0n) is 21.0. The number of hydrogen-bond donors (Lipinski definition) is 2. The van der Waals surface area contributed by atoms with E-state index in [1.165, 1.54) is 0 Å². The van der Waals surface area contributed by atoms with Crippen molar-refractivity contribution in [2.75, 3.05) is 0 Å². The number of aliphatic hydroxyl groups is 1. The summed E-state index contributed by atoms with van der Waals surface area (Å²) < 4.78 is 0. The number of Topliss-reactive ketones (excluding diaryl/α,β-unsaturated/α-hetero) is 4. The lowest BCUT2D eigenvalue weighted by Gasteiger charge is -2.59. The van der Waals surface area contributed by atoms with Crippen molar-refractivity contribution < 1.29 is 34.2 Å². The quantitative estimate of drug-likeness (QED) is 0.643.